The first-order chi connectivity index (χ1) is 13.5. The van der Waals surface area contributed by atoms with E-state index in [-0.39, 0.29) is 20.8 Å². The number of alkyl halides is 3. The summed E-state index contributed by atoms with van der Waals surface area (Å²) < 4.78 is 70.0. The second-order valence-corrected chi connectivity index (χ2v) is 8.34. The highest BCUT2D eigenvalue weighted by Crippen LogP contribution is 2.36. The molecule has 156 valence electrons. The third kappa shape index (κ3) is 5.81. The number of carbonyl (C=O) groups is 1. The standard InChI is InChI=1S/C18H16BrF3N2O4S/c1-23-29(26,27)16-9-11(3-7-15(16)28-2)4-8-17(25)24-12-5-6-14(19)13(10-12)18(20,21)22/h3-10,23H,1-2H3,(H,24,25)/b8-4+. The fraction of sp³-hybridized carbons (Fsp3) is 0.167. The summed E-state index contributed by atoms with van der Waals surface area (Å²) in [7, 11) is -1.23. The number of rotatable bonds is 6. The summed E-state index contributed by atoms with van der Waals surface area (Å²) in [6.07, 6.45) is -2.17. The Labute approximate surface area is 173 Å². The van der Waals surface area contributed by atoms with Crippen molar-refractivity contribution in [1.82, 2.24) is 4.72 Å². The lowest BCUT2D eigenvalue weighted by Crippen LogP contribution is -2.19. The van der Waals surface area contributed by atoms with Gasteiger partial charge in [0.25, 0.3) is 0 Å². The van der Waals surface area contributed by atoms with Crippen LogP contribution < -0.4 is 14.8 Å². The SMILES string of the molecule is CNS(=O)(=O)c1cc(/C=C/C(=O)Nc2ccc(Br)c(C(F)(F)F)c2)ccc1OC. The number of hydrogen-bond acceptors (Lipinski definition) is 4. The fourth-order valence-electron chi connectivity index (χ4n) is 2.29. The van der Waals surface area contributed by atoms with Crippen molar-refractivity contribution in [2.75, 3.05) is 19.5 Å². The second-order valence-electron chi connectivity index (χ2n) is 5.63. The molecule has 0 fully saturated rings. The first kappa shape index (κ1) is 22.9. The lowest BCUT2D eigenvalue weighted by atomic mass is 10.2. The van der Waals surface area contributed by atoms with Crippen molar-refractivity contribution in [3.05, 3.63) is 58.1 Å². The van der Waals surface area contributed by atoms with Gasteiger partial charge in [0.2, 0.25) is 15.9 Å². The van der Waals surface area contributed by atoms with Crippen LogP contribution in [0.1, 0.15) is 11.1 Å². The zero-order chi connectivity index (χ0) is 21.8. The van der Waals surface area contributed by atoms with E-state index in [0.29, 0.717) is 5.56 Å². The molecule has 0 unspecified atom stereocenters. The van der Waals surface area contributed by atoms with E-state index in [0.717, 1.165) is 12.1 Å². The van der Waals surface area contributed by atoms with Crippen LogP contribution >= 0.6 is 15.9 Å². The highest BCUT2D eigenvalue weighted by molar-refractivity contribution is 9.10. The smallest absolute Gasteiger partial charge is 0.417 e. The summed E-state index contributed by atoms with van der Waals surface area (Å²) in [5, 5.41) is 2.33. The van der Waals surface area contributed by atoms with Crippen LogP contribution in [0, 0.1) is 0 Å². The molecule has 2 aromatic carbocycles. The Morgan fingerprint density at radius 2 is 1.86 bits per heavy atom. The van der Waals surface area contributed by atoms with Gasteiger partial charge in [0.15, 0.2) is 0 Å². The normalized spacial score (nSPS) is 12.2. The number of nitrogens with one attached hydrogen (secondary N) is 2. The van der Waals surface area contributed by atoms with Crippen LogP contribution in [0.5, 0.6) is 5.75 Å². The van der Waals surface area contributed by atoms with E-state index >= 15 is 0 Å². The molecule has 2 rings (SSSR count). The summed E-state index contributed by atoms with van der Waals surface area (Å²) in [6, 6.07) is 7.55. The van der Waals surface area contributed by atoms with Gasteiger partial charge < -0.3 is 10.1 Å². The van der Waals surface area contributed by atoms with Crippen LogP contribution in [-0.4, -0.2) is 28.5 Å². The summed E-state index contributed by atoms with van der Waals surface area (Å²) in [4.78, 5) is 11.9. The maximum absolute atomic E-state index is 12.9. The summed E-state index contributed by atoms with van der Waals surface area (Å²) in [6.45, 7) is 0. The molecule has 2 aromatic rings. The Bertz CT molecular complexity index is 1050. The number of methoxy groups -OCH3 is 1. The fourth-order valence-corrected chi connectivity index (χ4v) is 3.69. The minimum Gasteiger partial charge on any atom is -0.495 e. The molecule has 11 heteroatoms. The van der Waals surface area contributed by atoms with Crippen LogP contribution in [-0.2, 0) is 21.0 Å². The van der Waals surface area contributed by atoms with E-state index in [4.69, 9.17) is 4.74 Å². The summed E-state index contributed by atoms with van der Waals surface area (Å²) in [5.74, 6) is -0.565. The Balaban J connectivity index is 2.23. The Morgan fingerprint density at radius 1 is 1.17 bits per heavy atom. The van der Waals surface area contributed by atoms with E-state index < -0.39 is 27.7 Å². The lowest BCUT2D eigenvalue weighted by molar-refractivity contribution is -0.138. The first-order valence-corrected chi connectivity index (χ1v) is 10.2. The highest BCUT2D eigenvalue weighted by Gasteiger charge is 2.33. The maximum Gasteiger partial charge on any atom is 0.417 e. The molecule has 0 bridgehead atoms. The number of sulfonamides is 1. The Hall–Kier alpha value is -2.37. The number of carbonyl (C=O) groups excluding carboxylic acids is 1. The van der Waals surface area contributed by atoms with Crippen LogP contribution in [0.4, 0.5) is 18.9 Å². The van der Waals surface area contributed by atoms with Crippen LogP contribution in [0.2, 0.25) is 0 Å². The van der Waals surface area contributed by atoms with Crippen LogP contribution in [0.3, 0.4) is 0 Å². The van der Waals surface area contributed by atoms with Gasteiger partial charge in [0.05, 0.1) is 12.7 Å². The second kappa shape index (κ2) is 8.97. The van der Waals surface area contributed by atoms with Crippen molar-refractivity contribution >= 4 is 43.6 Å². The van der Waals surface area contributed by atoms with Gasteiger partial charge in [-0.05, 0) is 49.0 Å². The van der Waals surface area contributed by atoms with E-state index in [1.54, 1.807) is 0 Å². The quantitative estimate of drug-likeness (QED) is 0.596. The molecule has 0 heterocycles. The van der Waals surface area contributed by atoms with Gasteiger partial charge in [-0.15, -0.1) is 0 Å². The Kier molecular flexibility index (Phi) is 7.09. The molecule has 1 amide bonds. The van der Waals surface area contributed by atoms with Gasteiger partial charge >= 0.3 is 6.18 Å². The van der Waals surface area contributed by atoms with Crippen LogP contribution in [0.15, 0.2) is 51.8 Å². The molecule has 0 aliphatic carbocycles. The maximum atomic E-state index is 12.9. The predicted molar refractivity (Wildman–Crippen MR) is 106 cm³/mol. The minimum absolute atomic E-state index is 0.0386. The molecular formula is C18H16BrF3N2O4S. The van der Waals surface area contributed by atoms with Crippen molar-refractivity contribution in [2.45, 2.75) is 11.1 Å². The number of ether oxygens (including phenoxy) is 1. The number of hydrogen-bond donors (Lipinski definition) is 2. The molecule has 0 saturated heterocycles. The molecular weight excluding hydrogens is 477 g/mol. The molecule has 2 N–H and O–H groups in total. The van der Waals surface area contributed by atoms with Gasteiger partial charge in [-0.25, -0.2) is 13.1 Å². The van der Waals surface area contributed by atoms with E-state index in [1.165, 1.54) is 50.6 Å². The predicted octanol–water partition coefficient (Wildman–Crippen LogP) is 4.04. The van der Waals surface area contributed by atoms with Crippen LogP contribution in [0.25, 0.3) is 6.08 Å². The van der Waals surface area contributed by atoms with Gasteiger partial charge in [0.1, 0.15) is 10.6 Å². The monoisotopic (exact) mass is 492 g/mol. The van der Waals surface area contributed by atoms with Gasteiger partial charge in [-0.2, -0.15) is 13.2 Å². The molecule has 0 saturated carbocycles. The summed E-state index contributed by atoms with van der Waals surface area (Å²) in [5.41, 5.74) is -0.582. The molecule has 0 atom stereocenters. The van der Waals surface area contributed by atoms with Gasteiger partial charge in [-0.1, -0.05) is 22.0 Å². The number of amides is 1. The third-order valence-electron chi connectivity index (χ3n) is 3.71. The van der Waals surface area contributed by atoms with E-state index in [9.17, 15) is 26.4 Å². The molecule has 0 aliphatic rings. The Morgan fingerprint density at radius 3 is 2.45 bits per heavy atom. The third-order valence-corrected chi connectivity index (χ3v) is 5.84. The molecule has 6 nitrogen and oxygen atoms in total. The van der Waals surface area contributed by atoms with Crippen molar-refractivity contribution in [1.29, 1.82) is 0 Å². The molecule has 0 aliphatic heterocycles. The molecule has 0 aromatic heterocycles. The van der Waals surface area contributed by atoms with Gasteiger partial charge in [-0.3, -0.25) is 4.79 Å². The van der Waals surface area contributed by atoms with Crippen molar-refractivity contribution in [3.63, 3.8) is 0 Å². The van der Waals surface area contributed by atoms with E-state index in [1.807, 2.05) is 0 Å². The average molecular weight is 493 g/mol. The number of benzene rings is 2. The summed E-state index contributed by atoms with van der Waals surface area (Å²) >= 11 is 2.82. The number of halogens is 4. The van der Waals surface area contributed by atoms with Crippen molar-refractivity contribution < 1.29 is 31.1 Å². The first-order valence-electron chi connectivity index (χ1n) is 7.95. The highest BCUT2D eigenvalue weighted by atomic mass is 79.9. The molecule has 0 spiro atoms. The van der Waals surface area contributed by atoms with Gasteiger partial charge in [0, 0.05) is 16.2 Å². The largest absolute Gasteiger partial charge is 0.495 e. The lowest BCUT2D eigenvalue weighted by Gasteiger charge is -2.11. The molecule has 0 radical (unpaired) electrons. The molecule has 29 heavy (non-hydrogen) atoms. The van der Waals surface area contributed by atoms with Crippen molar-refractivity contribution in [3.8, 4) is 5.75 Å². The number of anilines is 1. The zero-order valence-electron chi connectivity index (χ0n) is 15.2. The van der Waals surface area contributed by atoms with E-state index in [2.05, 4.69) is 26.0 Å². The van der Waals surface area contributed by atoms with Crippen molar-refractivity contribution in [2.24, 2.45) is 0 Å². The minimum atomic E-state index is -4.58. The topological polar surface area (TPSA) is 84.5 Å². The zero-order valence-corrected chi connectivity index (χ0v) is 17.6. The average Bonchev–Trinajstić information content (AvgIpc) is 2.66.